The summed E-state index contributed by atoms with van der Waals surface area (Å²) in [6, 6.07) is 7.54. The smallest absolute Gasteiger partial charge is 0.127 e. The van der Waals surface area contributed by atoms with Gasteiger partial charge in [0.25, 0.3) is 0 Å². The molecule has 0 aliphatic carbocycles. The summed E-state index contributed by atoms with van der Waals surface area (Å²) in [6.45, 7) is 11.1. The Morgan fingerprint density at radius 1 is 1.16 bits per heavy atom. The molecule has 2 aliphatic rings. The van der Waals surface area contributed by atoms with Crippen LogP contribution in [0.1, 0.15) is 56.7 Å². The van der Waals surface area contributed by atoms with Gasteiger partial charge in [-0.25, -0.2) is 4.39 Å². The first-order valence-electron chi connectivity index (χ1n) is 11.9. The van der Waals surface area contributed by atoms with Crippen molar-refractivity contribution >= 4 is 0 Å². The molecule has 0 saturated carbocycles. The molecule has 2 fully saturated rings. The number of rotatable bonds is 9. The molecule has 0 bridgehead atoms. The molecule has 31 heavy (non-hydrogen) atoms. The Kier molecular flexibility index (Phi) is 7.75. The molecule has 1 atom stereocenters. The van der Waals surface area contributed by atoms with Gasteiger partial charge in [-0.2, -0.15) is 5.10 Å². The predicted molar refractivity (Wildman–Crippen MR) is 121 cm³/mol. The number of nitrogens with zero attached hydrogens (tertiary/aromatic N) is 4. The Balaban J connectivity index is 1.31. The van der Waals surface area contributed by atoms with Crippen molar-refractivity contribution in [3.05, 3.63) is 53.6 Å². The topological polar surface area (TPSA) is 33.5 Å². The van der Waals surface area contributed by atoms with Gasteiger partial charge in [-0.15, -0.1) is 0 Å². The minimum atomic E-state index is -0.0886. The lowest BCUT2D eigenvalue weighted by atomic mass is 9.95. The normalized spacial score (nSPS) is 20.9. The molecule has 0 N–H and O–H groups in total. The molecule has 6 heteroatoms. The van der Waals surface area contributed by atoms with Crippen LogP contribution in [-0.4, -0.2) is 58.5 Å². The van der Waals surface area contributed by atoms with Gasteiger partial charge in [-0.3, -0.25) is 14.5 Å². The monoisotopic (exact) mass is 428 g/mol. The summed E-state index contributed by atoms with van der Waals surface area (Å²) in [6.07, 6.45) is 9.25. The summed E-state index contributed by atoms with van der Waals surface area (Å²) in [5.74, 6) is 0.590. The average Bonchev–Trinajstić information content (AvgIpc) is 3.43. The number of halogens is 1. The van der Waals surface area contributed by atoms with Crippen molar-refractivity contribution in [1.82, 2.24) is 19.6 Å². The molecule has 2 saturated heterocycles. The molecule has 1 unspecified atom stereocenters. The van der Waals surface area contributed by atoms with Crippen molar-refractivity contribution in [2.45, 2.75) is 64.8 Å². The molecule has 4 rings (SSSR count). The predicted octanol–water partition coefficient (Wildman–Crippen LogP) is 4.50. The maximum absolute atomic E-state index is 14.0. The molecule has 3 heterocycles. The van der Waals surface area contributed by atoms with Gasteiger partial charge in [0, 0.05) is 56.2 Å². The van der Waals surface area contributed by atoms with Gasteiger partial charge in [-0.1, -0.05) is 18.2 Å². The molecule has 2 aliphatic heterocycles. The molecular formula is C25H37FN4O. The molecular weight excluding hydrogens is 391 g/mol. The second kappa shape index (κ2) is 10.7. The van der Waals surface area contributed by atoms with Gasteiger partial charge in [0.1, 0.15) is 5.82 Å². The van der Waals surface area contributed by atoms with Crippen LogP contribution in [0.3, 0.4) is 0 Å². The maximum atomic E-state index is 14.0. The summed E-state index contributed by atoms with van der Waals surface area (Å²) >= 11 is 0. The van der Waals surface area contributed by atoms with Crippen molar-refractivity contribution in [1.29, 1.82) is 0 Å². The van der Waals surface area contributed by atoms with Crippen LogP contribution in [0, 0.1) is 11.7 Å². The van der Waals surface area contributed by atoms with E-state index in [4.69, 9.17) is 4.74 Å². The number of likely N-dealkylation sites (tertiary alicyclic amines) is 1. The van der Waals surface area contributed by atoms with Crippen LogP contribution < -0.4 is 0 Å². The van der Waals surface area contributed by atoms with Crippen LogP contribution in [0.15, 0.2) is 36.7 Å². The quantitative estimate of drug-likeness (QED) is 0.589. The van der Waals surface area contributed by atoms with Crippen LogP contribution in [0.2, 0.25) is 0 Å². The first kappa shape index (κ1) is 22.4. The van der Waals surface area contributed by atoms with Crippen molar-refractivity contribution < 1.29 is 9.13 Å². The number of hydrogen-bond donors (Lipinski definition) is 0. The minimum Gasteiger partial charge on any atom is -0.377 e. The lowest BCUT2D eigenvalue weighted by Crippen LogP contribution is -2.40. The fraction of sp³-hybridized carbons (Fsp3) is 0.640. The van der Waals surface area contributed by atoms with E-state index in [1.165, 1.54) is 31.2 Å². The number of aromatic nitrogens is 2. The molecule has 5 nitrogen and oxygen atoms in total. The largest absolute Gasteiger partial charge is 0.377 e. The first-order chi connectivity index (χ1) is 15.1. The number of benzene rings is 1. The second-order valence-corrected chi connectivity index (χ2v) is 9.56. The Labute approximate surface area is 186 Å². The zero-order valence-corrected chi connectivity index (χ0v) is 19.0. The lowest BCUT2D eigenvalue weighted by Gasteiger charge is -2.35. The van der Waals surface area contributed by atoms with E-state index in [1.54, 1.807) is 12.1 Å². The van der Waals surface area contributed by atoms with E-state index in [2.05, 4.69) is 34.9 Å². The standard InChI is InChI=1S/C25H37FN4O/c1-20(2)30-17-22(14-27-30)16-29(19-24-7-5-13-31-24)15-21-9-11-28(12-10-21)18-23-6-3-4-8-25(23)26/h3-4,6,8,14,17,20-21,24H,5,7,9-13,15-16,18-19H2,1-2H3. The summed E-state index contributed by atoms with van der Waals surface area (Å²) in [7, 11) is 0. The SMILES string of the molecule is CC(C)n1cc(CN(CC2CCN(Cc3ccccc3F)CC2)CC2CCCO2)cn1. The maximum Gasteiger partial charge on any atom is 0.127 e. The summed E-state index contributed by atoms with van der Waals surface area (Å²) in [5, 5.41) is 4.53. The summed E-state index contributed by atoms with van der Waals surface area (Å²) in [5.41, 5.74) is 2.09. The zero-order chi connectivity index (χ0) is 21.6. The molecule has 0 radical (unpaired) electrons. The summed E-state index contributed by atoms with van der Waals surface area (Å²) in [4.78, 5) is 4.97. The van der Waals surface area contributed by atoms with Crippen molar-refractivity contribution in [3.8, 4) is 0 Å². The highest BCUT2D eigenvalue weighted by Crippen LogP contribution is 2.23. The molecule has 0 spiro atoms. The Morgan fingerprint density at radius 3 is 2.65 bits per heavy atom. The van der Waals surface area contributed by atoms with Gasteiger partial charge >= 0.3 is 0 Å². The highest BCUT2D eigenvalue weighted by molar-refractivity contribution is 5.17. The van der Waals surface area contributed by atoms with E-state index in [-0.39, 0.29) is 5.82 Å². The van der Waals surface area contributed by atoms with E-state index in [0.717, 1.165) is 44.9 Å². The van der Waals surface area contributed by atoms with Gasteiger partial charge in [0.15, 0.2) is 0 Å². The minimum absolute atomic E-state index is 0.0886. The zero-order valence-electron chi connectivity index (χ0n) is 19.0. The molecule has 170 valence electrons. The highest BCUT2D eigenvalue weighted by atomic mass is 19.1. The second-order valence-electron chi connectivity index (χ2n) is 9.56. The van der Waals surface area contributed by atoms with E-state index in [1.807, 2.05) is 23.0 Å². The van der Waals surface area contributed by atoms with Gasteiger partial charge in [0.05, 0.1) is 12.3 Å². The van der Waals surface area contributed by atoms with E-state index in [9.17, 15) is 4.39 Å². The lowest BCUT2D eigenvalue weighted by molar-refractivity contribution is 0.0569. The highest BCUT2D eigenvalue weighted by Gasteiger charge is 2.25. The van der Waals surface area contributed by atoms with Crippen molar-refractivity contribution in [3.63, 3.8) is 0 Å². The third-order valence-electron chi connectivity index (χ3n) is 6.65. The van der Waals surface area contributed by atoms with Crippen molar-refractivity contribution in [2.75, 3.05) is 32.8 Å². The van der Waals surface area contributed by atoms with Gasteiger partial charge in [0.2, 0.25) is 0 Å². The Bertz CT molecular complexity index is 809. The Morgan fingerprint density at radius 2 is 1.97 bits per heavy atom. The van der Waals surface area contributed by atoms with Gasteiger partial charge in [-0.05, 0) is 64.6 Å². The number of hydrogen-bond acceptors (Lipinski definition) is 4. The third kappa shape index (κ3) is 6.37. The molecule has 1 aromatic carbocycles. The van der Waals surface area contributed by atoms with Crippen molar-refractivity contribution in [2.24, 2.45) is 5.92 Å². The third-order valence-corrected chi connectivity index (χ3v) is 6.65. The fourth-order valence-corrected chi connectivity index (χ4v) is 4.84. The van der Waals surface area contributed by atoms with Crippen LogP contribution in [0.5, 0.6) is 0 Å². The van der Waals surface area contributed by atoms with E-state index >= 15 is 0 Å². The average molecular weight is 429 g/mol. The van der Waals surface area contributed by atoms with Crippen LogP contribution in [0.25, 0.3) is 0 Å². The molecule has 2 aromatic rings. The number of piperidine rings is 1. The Hall–Kier alpha value is -1.76. The van der Waals surface area contributed by atoms with Gasteiger partial charge < -0.3 is 4.74 Å². The molecule has 0 amide bonds. The van der Waals surface area contributed by atoms with E-state index < -0.39 is 0 Å². The summed E-state index contributed by atoms with van der Waals surface area (Å²) < 4.78 is 22.0. The van der Waals surface area contributed by atoms with Crippen LogP contribution in [0.4, 0.5) is 4.39 Å². The molecule has 1 aromatic heterocycles. The first-order valence-corrected chi connectivity index (χ1v) is 11.9. The van der Waals surface area contributed by atoms with E-state index in [0.29, 0.717) is 24.6 Å². The van der Waals surface area contributed by atoms with Crippen LogP contribution >= 0.6 is 0 Å². The van der Waals surface area contributed by atoms with Crippen LogP contribution in [-0.2, 0) is 17.8 Å². The fourth-order valence-electron chi connectivity index (χ4n) is 4.84. The number of ether oxygens (including phenoxy) is 1.